The summed E-state index contributed by atoms with van der Waals surface area (Å²) in [6, 6.07) is 9.12. The summed E-state index contributed by atoms with van der Waals surface area (Å²) in [5, 5.41) is 3.54. The molecule has 0 aliphatic rings. The molecule has 0 radical (unpaired) electrons. The Morgan fingerprint density at radius 3 is 2.71 bits per heavy atom. The summed E-state index contributed by atoms with van der Waals surface area (Å²) in [4.78, 5) is 3.07. The average molecular weight is 228 g/mol. The summed E-state index contributed by atoms with van der Waals surface area (Å²) in [5.74, 6) is 0. The van der Waals surface area contributed by atoms with Gasteiger partial charge in [-0.2, -0.15) is 0 Å². The van der Waals surface area contributed by atoms with Crippen LogP contribution in [0.1, 0.15) is 35.2 Å². The van der Waals surface area contributed by atoms with E-state index in [4.69, 9.17) is 0 Å². The van der Waals surface area contributed by atoms with Crippen LogP contribution in [-0.4, -0.2) is 4.98 Å². The highest BCUT2D eigenvalue weighted by molar-refractivity contribution is 5.32. The predicted octanol–water partition coefficient (Wildman–Crippen LogP) is 3.48. The first-order chi connectivity index (χ1) is 8.16. The minimum Gasteiger partial charge on any atom is -0.367 e. The van der Waals surface area contributed by atoms with Crippen molar-refractivity contribution in [1.82, 2.24) is 10.3 Å². The zero-order valence-electron chi connectivity index (χ0n) is 10.7. The number of rotatable bonds is 4. The lowest BCUT2D eigenvalue weighted by Crippen LogP contribution is -2.18. The van der Waals surface area contributed by atoms with Crippen LogP contribution in [0.5, 0.6) is 0 Å². The summed E-state index contributed by atoms with van der Waals surface area (Å²) < 4.78 is 0. The van der Waals surface area contributed by atoms with Crippen LogP contribution in [0.3, 0.4) is 0 Å². The number of benzene rings is 1. The second kappa shape index (κ2) is 5.19. The van der Waals surface area contributed by atoms with Gasteiger partial charge in [0.2, 0.25) is 0 Å². The number of aromatic amines is 1. The number of aryl methyl sites for hydroxylation is 2. The van der Waals surface area contributed by atoms with Gasteiger partial charge in [0.15, 0.2) is 0 Å². The van der Waals surface area contributed by atoms with Gasteiger partial charge in [-0.25, -0.2) is 0 Å². The number of H-pyrrole nitrogens is 1. The van der Waals surface area contributed by atoms with Crippen LogP contribution in [0.4, 0.5) is 0 Å². The van der Waals surface area contributed by atoms with Crippen LogP contribution in [-0.2, 0) is 6.54 Å². The van der Waals surface area contributed by atoms with Gasteiger partial charge in [0.1, 0.15) is 0 Å². The zero-order chi connectivity index (χ0) is 12.3. The smallest absolute Gasteiger partial charge is 0.0297 e. The minimum absolute atomic E-state index is 0.380. The molecular weight excluding hydrogens is 208 g/mol. The van der Waals surface area contributed by atoms with Crippen molar-refractivity contribution in [2.45, 2.75) is 33.4 Å². The van der Waals surface area contributed by atoms with Gasteiger partial charge in [-0.1, -0.05) is 23.8 Å². The van der Waals surface area contributed by atoms with Crippen molar-refractivity contribution in [3.05, 3.63) is 58.9 Å². The summed E-state index contributed by atoms with van der Waals surface area (Å²) >= 11 is 0. The molecule has 2 nitrogen and oxygen atoms in total. The Kier molecular flexibility index (Phi) is 3.64. The van der Waals surface area contributed by atoms with Crippen molar-refractivity contribution in [2.24, 2.45) is 0 Å². The Bertz CT molecular complexity index is 472. The Labute approximate surface area is 103 Å². The van der Waals surface area contributed by atoms with Gasteiger partial charge < -0.3 is 10.3 Å². The van der Waals surface area contributed by atoms with Crippen molar-refractivity contribution in [2.75, 3.05) is 0 Å². The molecule has 2 N–H and O–H groups in total. The van der Waals surface area contributed by atoms with Gasteiger partial charge >= 0.3 is 0 Å². The maximum Gasteiger partial charge on any atom is 0.0297 e. The first-order valence-corrected chi connectivity index (χ1v) is 6.09. The van der Waals surface area contributed by atoms with Crippen LogP contribution in [0.25, 0.3) is 0 Å². The first kappa shape index (κ1) is 11.9. The van der Waals surface area contributed by atoms with E-state index in [1.807, 2.05) is 12.4 Å². The molecule has 0 saturated heterocycles. The molecule has 0 aliphatic heterocycles. The van der Waals surface area contributed by atoms with Gasteiger partial charge in [-0.3, -0.25) is 0 Å². The van der Waals surface area contributed by atoms with Crippen LogP contribution >= 0.6 is 0 Å². The van der Waals surface area contributed by atoms with E-state index in [9.17, 15) is 0 Å². The molecular formula is C15H20N2. The third kappa shape index (κ3) is 2.98. The molecule has 90 valence electrons. The molecule has 0 amide bonds. The third-order valence-electron chi connectivity index (χ3n) is 3.17. The molecule has 1 aromatic carbocycles. The largest absolute Gasteiger partial charge is 0.367 e. The second-order valence-electron chi connectivity index (χ2n) is 4.68. The summed E-state index contributed by atoms with van der Waals surface area (Å²) in [6.45, 7) is 7.42. The van der Waals surface area contributed by atoms with E-state index >= 15 is 0 Å². The highest BCUT2D eigenvalue weighted by Crippen LogP contribution is 2.18. The van der Waals surface area contributed by atoms with Crippen molar-refractivity contribution in [3.8, 4) is 0 Å². The monoisotopic (exact) mass is 228 g/mol. The topological polar surface area (TPSA) is 27.8 Å². The predicted molar refractivity (Wildman–Crippen MR) is 72.0 cm³/mol. The lowest BCUT2D eigenvalue weighted by Gasteiger charge is -2.16. The van der Waals surface area contributed by atoms with E-state index in [2.05, 4.69) is 55.3 Å². The Morgan fingerprint density at radius 1 is 1.24 bits per heavy atom. The van der Waals surface area contributed by atoms with Crippen molar-refractivity contribution in [1.29, 1.82) is 0 Å². The fraction of sp³-hybridized carbons (Fsp3) is 0.333. The van der Waals surface area contributed by atoms with E-state index in [0.717, 1.165) is 6.54 Å². The highest BCUT2D eigenvalue weighted by Gasteiger charge is 2.07. The number of hydrogen-bond acceptors (Lipinski definition) is 1. The van der Waals surface area contributed by atoms with Crippen molar-refractivity contribution in [3.63, 3.8) is 0 Å². The Balaban J connectivity index is 2.01. The molecule has 17 heavy (non-hydrogen) atoms. The number of hydrogen-bond donors (Lipinski definition) is 2. The van der Waals surface area contributed by atoms with Crippen LogP contribution < -0.4 is 5.32 Å². The highest BCUT2D eigenvalue weighted by atomic mass is 14.9. The molecule has 0 bridgehead atoms. The Hall–Kier alpha value is -1.54. The molecule has 1 heterocycles. The minimum atomic E-state index is 0.380. The summed E-state index contributed by atoms with van der Waals surface area (Å²) in [6.07, 6.45) is 3.99. The van der Waals surface area contributed by atoms with Crippen LogP contribution in [0, 0.1) is 13.8 Å². The van der Waals surface area contributed by atoms with Crippen LogP contribution in [0.2, 0.25) is 0 Å². The number of nitrogens with one attached hydrogen (secondary N) is 2. The maximum absolute atomic E-state index is 3.54. The van der Waals surface area contributed by atoms with Gasteiger partial charge in [0, 0.05) is 25.0 Å². The molecule has 1 aromatic heterocycles. The SMILES string of the molecule is Cc1ccc(C(C)NCc2cc[nH]c2)c(C)c1. The van der Waals surface area contributed by atoms with Crippen molar-refractivity contribution >= 4 is 0 Å². The molecule has 2 heteroatoms. The van der Waals surface area contributed by atoms with E-state index in [1.165, 1.54) is 22.3 Å². The molecule has 0 spiro atoms. The fourth-order valence-electron chi connectivity index (χ4n) is 2.16. The van der Waals surface area contributed by atoms with Crippen molar-refractivity contribution < 1.29 is 0 Å². The zero-order valence-corrected chi connectivity index (χ0v) is 10.7. The van der Waals surface area contributed by atoms with Crippen LogP contribution in [0.15, 0.2) is 36.7 Å². The molecule has 0 fully saturated rings. The van der Waals surface area contributed by atoms with Gasteiger partial charge in [0.25, 0.3) is 0 Å². The molecule has 1 unspecified atom stereocenters. The maximum atomic E-state index is 3.54. The standard InChI is InChI=1S/C15H20N2/c1-11-4-5-15(12(2)8-11)13(3)17-10-14-6-7-16-9-14/h4-9,13,16-17H,10H2,1-3H3. The lowest BCUT2D eigenvalue weighted by molar-refractivity contribution is 0.572. The average Bonchev–Trinajstić information content (AvgIpc) is 2.78. The second-order valence-corrected chi connectivity index (χ2v) is 4.68. The number of aromatic nitrogens is 1. The van der Waals surface area contributed by atoms with E-state index < -0.39 is 0 Å². The molecule has 0 aliphatic carbocycles. The quantitative estimate of drug-likeness (QED) is 0.823. The van der Waals surface area contributed by atoms with Gasteiger partial charge in [0.05, 0.1) is 0 Å². The first-order valence-electron chi connectivity index (χ1n) is 6.09. The lowest BCUT2D eigenvalue weighted by atomic mass is 10.0. The fourth-order valence-corrected chi connectivity index (χ4v) is 2.16. The van der Waals surface area contributed by atoms with E-state index in [-0.39, 0.29) is 0 Å². The van der Waals surface area contributed by atoms with Gasteiger partial charge in [-0.15, -0.1) is 0 Å². The van der Waals surface area contributed by atoms with Gasteiger partial charge in [-0.05, 0) is 43.5 Å². The Morgan fingerprint density at radius 2 is 2.06 bits per heavy atom. The summed E-state index contributed by atoms with van der Waals surface area (Å²) in [5.41, 5.74) is 5.36. The summed E-state index contributed by atoms with van der Waals surface area (Å²) in [7, 11) is 0. The van der Waals surface area contributed by atoms with E-state index in [0.29, 0.717) is 6.04 Å². The molecule has 2 rings (SSSR count). The van der Waals surface area contributed by atoms with E-state index in [1.54, 1.807) is 0 Å². The molecule has 0 saturated carbocycles. The third-order valence-corrected chi connectivity index (χ3v) is 3.17. The molecule has 1 atom stereocenters. The normalized spacial score (nSPS) is 12.6. The molecule has 2 aromatic rings.